The van der Waals surface area contributed by atoms with E-state index < -0.39 is 0 Å². The zero-order chi connectivity index (χ0) is 18.0. The van der Waals surface area contributed by atoms with Gasteiger partial charge in [-0.3, -0.25) is 9.59 Å². The Kier molecular flexibility index (Phi) is 5.23. The van der Waals surface area contributed by atoms with Crippen molar-refractivity contribution in [2.75, 3.05) is 14.1 Å². The van der Waals surface area contributed by atoms with Crippen LogP contribution in [0.25, 0.3) is 0 Å². The second-order valence-electron chi connectivity index (χ2n) is 6.84. The van der Waals surface area contributed by atoms with Gasteiger partial charge in [-0.15, -0.1) is 11.3 Å². The van der Waals surface area contributed by atoms with Gasteiger partial charge in [-0.25, -0.2) is 0 Å². The van der Waals surface area contributed by atoms with E-state index in [1.165, 1.54) is 10.4 Å². The maximum absolute atomic E-state index is 12.6. The van der Waals surface area contributed by atoms with Crippen molar-refractivity contribution in [3.63, 3.8) is 0 Å². The van der Waals surface area contributed by atoms with Gasteiger partial charge in [0.25, 0.3) is 5.91 Å². The van der Waals surface area contributed by atoms with Gasteiger partial charge in [0, 0.05) is 31.4 Å². The molecule has 1 aliphatic carbocycles. The number of benzene rings is 1. The van der Waals surface area contributed by atoms with Crippen LogP contribution in [0.15, 0.2) is 30.3 Å². The van der Waals surface area contributed by atoms with Gasteiger partial charge in [-0.1, -0.05) is 24.3 Å². The van der Waals surface area contributed by atoms with E-state index in [2.05, 4.69) is 18.3 Å². The van der Waals surface area contributed by atoms with Gasteiger partial charge >= 0.3 is 0 Å². The Labute approximate surface area is 152 Å². The highest BCUT2D eigenvalue weighted by atomic mass is 32.1. The summed E-state index contributed by atoms with van der Waals surface area (Å²) in [6, 6.07) is 10.1. The Bertz CT molecular complexity index is 795. The highest BCUT2D eigenvalue weighted by Crippen LogP contribution is 2.33. The summed E-state index contributed by atoms with van der Waals surface area (Å²) < 4.78 is 0. The number of amides is 2. The Morgan fingerprint density at radius 1 is 1.28 bits per heavy atom. The molecular weight excluding hydrogens is 332 g/mol. The molecule has 1 atom stereocenters. The molecule has 0 fully saturated rings. The van der Waals surface area contributed by atoms with Crippen molar-refractivity contribution in [2.45, 2.75) is 32.7 Å². The fourth-order valence-corrected chi connectivity index (χ4v) is 4.44. The number of carbonyl (C=O) groups excluding carboxylic acids is 2. The van der Waals surface area contributed by atoms with Gasteiger partial charge in [0.1, 0.15) is 0 Å². The first-order chi connectivity index (χ1) is 12.0. The van der Waals surface area contributed by atoms with Gasteiger partial charge in [-0.05, 0) is 48.9 Å². The lowest BCUT2D eigenvalue weighted by Crippen LogP contribution is -2.33. The van der Waals surface area contributed by atoms with Gasteiger partial charge < -0.3 is 10.2 Å². The summed E-state index contributed by atoms with van der Waals surface area (Å²) in [6.45, 7) is 2.63. The van der Waals surface area contributed by atoms with Gasteiger partial charge in [0.05, 0.1) is 4.88 Å². The van der Waals surface area contributed by atoms with E-state index in [1.807, 2.05) is 24.3 Å². The molecule has 1 unspecified atom stereocenters. The molecule has 1 aromatic heterocycles. The summed E-state index contributed by atoms with van der Waals surface area (Å²) in [6.07, 6.45) is 2.46. The van der Waals surface area contributed by atoms with E-state index in [9.17, 15) is 9.59 Å². The molecule has 25 heavy (non-hydrogen) atoms. The van der Waals surface area contributed by atoms with Crippen molar-refractivity contribution in [3.8, 4) is 0 Å². The normalized spacial score (nSPS) is 16.2. The van der Waals surface area contributed by atoms with Gasteiger partial charge in [0.15, 0.2) is 0 Å². The second kappa shape index (κ2) is 7.40. The third-order valence-electron chi connectivity index (χ3n) is 4.78. The average Bonchev–Trinajstić information content (AvgIpc) is 3.03. The Hall–Kier alpha value is -2.14. The number of fused-ring (bicyclic) bond motifs is 1. The number of hydrogen-bond acceptors (Lipinski definition) is 3. The minimum Gasteiger partial charge on any atom is -0.352 e. The van der Waals surface area contributed by atoms with Crippen molar-refractivity contribution in [3.05, 3.63) is 56.8 Å². The lowest BCUT2D eigenvalue weighted by atomic mass is 9.87. The molecule has 0 aliphatic heterocycles. The molecule has 5 heteroatoms. The molecular formula is C20H24N2O2S. The van der Waals surface area contributed by atoms with Crippen LogP contribution >= 0.6 is 11.3 Å². The molecule has 0 bridgehead atoms. The Morgan fingerprint density at radius 2 is 2.04 bits per heavy atom. The molecule has 3 rings (SSSR count). The van der Waals surface area contributed by atoms with Crippen LogP contribution in [0.3, 0.4) is 0 Å². The number of rotatable bonds is 4. The first-order valence-electron chi connectivity index (χ1n) is 8.61. The number of nitrogens with zero attached hydrogens (tertiary/aromatic N) is 1. The Morgan fingerprint density at radius 3 is 2.76 bits per heavy atom. The van der Waals surface area contributed by atoms with Crippen LogP contribution in [0.5, 0.6) is 0 Å². The summed E-state index contributed by atoms with van der Waals surface area (Å²) in [4.78, 5) is 28.3. The molecule has 1 aliphatic rings. The van der Waals surface area contributed by atoms with Gasteiger partial charge in [0.2, 0.25) is 5.91 Å². The molecule has 132 valence electrons. The highest BCUT2D eigenvalue weighted by molar-refractivity contribution is 7.14. The minimum atomic E-state index is -0.00609. The van der Waals surface area contributed by atoms with E-state index in [0.29, 0.717) is 6.54 Å². The minimum absolute atomic E-state index is 0.00609. The predicted octanol–water partition coefficient (Wildman–Crippen LogP) is 3.18. The fourth-order valence-electron chi connectivity index (χ4n) is 3.21. The van der Waals surface area contributed by atoms with Crippen molar-refractivity contribution in [2.24, 2.45) is 5.92 Å². The zero-order valence-corrected chi connectivity index (χ0v) is 15.8. The third-order valence-corrected chi connectivity index (χ3v) is 6.01. The molecule has 0 radical (unpaired) electrons. The monoisotopic (exact) mass is 356 g/mol. The number of aryl methyl sites for hydroxylation is 2. The maximum Gasteiger partial charge on any atom is 0.263 e. The van der Waals surface area contributed by atoms with Crippen LogP contribution in [0.2, 0.25) is 0 Å². The number of nitrogens with one attached hydrogen (secondary N) is 1. The lowest BCUT2D eigenvalue weighted by Gasteiger charge is -2.21. The third kappa shape index (κ3) is 3.93. The molecule has 1 heterocycles. The quantitative estimate of drug-likeness (QED) is 0.915. The molecule has 0 spiro atoms. The first-order valence-corrected chi connectivity index (χ1v) is 9.43. The van der Waals surface area contributed by atoms with E-state index in [0.717, 1.165) is 35.3 Å². The molecule has 1 aromatic carbocycles. The zero-order valence-electron chi connectivity index (χ0n) is 15.0. The number of thiophene rings is 1. The van der Waals surface area contributed by atoms with Crippen LogP contribution in [0.4, 0.5) is 0 Å². The largest absolute Gasteiger partial charge is 0.352 e. The average molecular weight is 356 g/mol. The number of carbonyl (C=O) groups is 2. The van der Waals surface area contributed by atoms with Crippen LogP contribution in [0.1, 0.15) is 37.7 Å². The predicted molar refractivity (Wildman–Crippen MR) is 101 cm³/mol. The number of hydrogen-bond donors (Lipinski definition) is 1. The summed E-state index contributed by atoms with van der Waals surface area (Å²) >= 11 is 1.57. The first kappa shape index (κ1) is 17.7. The summed E-state index contributed by atoms with van der Waals surface area (Å²) in [5.74, 6) is 0.147. The second-order valence-corrected chi connectivity index (χ2v) is 7.98. The van der Waals surface area contributed by atoms with Crippen molar-refractivity contribution in [1.82, 2.24) is 10.2 Å². The highest BCUT2D eigenvalue weighted by Gasteiger charge is 2.27. The summed E-state index contributed by atoms with van der Waals surface area (Å²) in [5, 5.41) is 3.08. The van der Waals surface area contributed by atoms with Crippen LogP contribution in [0, 0.1) is 12.8 Å². The molecule has 2 aromatic rings. The lowest BCUT2D eigenvalue weighted by molar-refractivity contribution is -0.125. The van der Waals surface area contributed by atoms with Crippen molar-refractivity contribution in [1.29, 1.82) is 0 Å². The van der Waals surface area contributed by atoms with Crippen LogP contribution in [-0.2, 0) is 24.2 Å². The standard InChI is InChI=1S/C20H24N2O2S/c1-13-6-4-5-7-15(13)12-21-19(23)14-8-9-17-16(10-14)11-18(25-17)20(24)22(2)3/h4-7,11,14H,8-10,12H2,1-3H3,(H,21,23). The van der Waals surface area contributed by atoms with Crippen molar-refractivity contribution >= 4 is 23.2 Å². The maximum atomic E-state index is 12.6. The topological polar surface area (TPSA) is 49.4 Å². The molecule has 2 amide bonds. The smallest absolute Gasteiger partial charge is 0.263 e. The molecule has 0 saturated carbocycles. The summed E-state index contributed by atoms with van der Waals surface area (Å²) in [5.41, 5.74) is 3.51. The fraction of sp³-hybridized carbons (Fsp3) is 0.400. The van der Waals surface area contributed by atoms with Crippen LogP contribution < -0.4 is 5.32 Å². The van der Waals surface area contributed by atoms with Crippen LogP contribution in [-0.4, -0.2) is 30.8 Å². The van der Waals surface area contributed by atoms with Crippen molar-refractivity contribution < 1.29 is 9.59 Å². The van der Waals surface area contributed by atoms with E-state index in [4.69, 9.17) is 0 Å². The van der Waals surface area contributed by atoms with E-state index in [1.54, 1.807) is 30.3 Å². The van der Waals surface area contributed by atoms with E-state index >= 15 is 0 Å². The van der Waals surface area contributed by atoms with Gasteiger partial charge in [-0.2, -0.15) is 0 Å². The SMILES string of the molecule is Cc1ccccc1CNC(=O)C1CCc2sc(C(=O)N(C)C)cc2C1. The van der Waals surface area contributed by atoms with E-state index in [-0.39, 0.29) is 17.7 Å². The summed E-state index contributed by atoms with van der Waals surface area (Å²) in [7, 11) is 3.53. The molecule has 1 N–H and O–H groups in total. The molecule has 4 nitrogen and oxygen atoms in total. The Balaban J connectivity index is 1.63. The molecule has 0 saturated heterocycles.